The Morgan fingerprint density at radius 1 is 1.26 bits per heavy atom. The molecule has 2 saturated heterocycles. The number of Topliss-reactive ketones (excluding diaryl/α,β-unsaturated/α-hetero) is 1. The van der Waals surface area contributed by atoms with Crippen molar-refractivity contribution in [1.82, 2.24) is 14.9 Å². The number of ketones is 1. The first-order valence-electron chi connectivity index (χ1n) is 11.2. The molecule has 0 spiro atoms. The van der Waals surface area contributed by atoms with Gasteiger partial charge in [-0.3, -0.25) is 24.6 Å². The molecule has 4 atom stereocenters. The van der Waals surface area contributed by atoms with Crippen molar-refractivity contribution in [1.29, 1.82) is 0 Å². The number of nitrogens with zero attached hydrogens (tertiary/aromatic N) is 1. The van der Waals surface area contributed by atoms with Crippen LogP contribution in [0.5, 0.6) is 0 Å². The highest BCUT2D eigenvalue weighted by molar-refractivity contribution is 7.90. The molecule has 1 aromatic rings. The molecular formula is C23H29F2N3O6S. The van der Waals surface area contributed by atoms with Crippen LogP contribution in [0.1, 0.15) is 50.8 Å². The minimum absolute atomic E-state index is 0.274. The van der Waals surface area contributed by atoms with Gasteiger partial charge in [0.15, 0.2) is 17.9 Å². The highest BCUT2D eigenvalue weighted by Crippen LogP contribution is 2.30. The lowest BCUT2D eigenvalue weighted by molar-refractivity contribution is -0.151. The van der Waals surface area contributed by atoms with Crippen molar-refractivity contribution >= 4 is 35.0 Å². The molecule has 0 aliphatic carbocycles. The number of barbiturate groups is 1. The lowest BCUT2D eigenvalue weighted by Gasteiger charge is -2.37. The van der Waals surface area contributed by atoms with Gasteiger partial charge in [-0.2, -0.15) is 0 Å². The maximum atomic E-state index is 15.8. The normalized spacial score (nSPS) is 22.5. The molecule has 0 bridgehead atoms. The van der Waals surface area contributed by atoms with Crippen molar-refractivity contribution in [2.24, 2.45) is 5.92 Å². The number of alkyl halides is 1. The smallest absolute Gasteiger partial charge is 0.331 e. The Labute approximate surface area is 205 Å². The van der Waals surface area contributed by atoms with E-state index in [0.717, 1.165) is 11.0 Å². The van der Waals surface area contributed by atoms with Crippen molar-refractivity contribution in [3.63, 3.8) is 0 Å². The number of aryl methyl sites for hydroxylation is 1. The summed E-state index contributed by atoms with van der Waals surface area (Å²) >= 11 is -1.93. The van der Waals surface area contributed by atoms with Gasteiger partial charge in [-0.05, 0) is 46.6 Å². The number of nitrogens with one attached hydrogen (secondary N) is 2. The highest BCUT2D eigenvalue weighted by Gasteiger charge is 2.51. The maximum absolute atomic E-state index is 15.8. The first kappa shape index (κ1) is 27.2. The number of hydrogen-bond donors (Lipinski definition) is 2. The Kier molecular flexibility index (Phi) is 8.30. The van der Waals surface area contributed by atoms with Gasteiger partial charge in [0.05, 0.1) is 0 Å². The summed E-state index contributed by atoms with van der Waals surface area (Å²) in [6, 6.07) is 0.473. The van der Waals surface area contributed by atoms with E-state index in [1.165, 1.54) is 12.1 Å². The summed E-state index contributed by atoms with van der Waals surface area (Å²) in [7, 11) is 0. The van der Waals surface area contributed by atoms with Gasteiger partial charge in [0, 0.05) is 36.2 Å². The van der Waals surface area contributed by atoms with Crippen LogP contribution in [0.3, 0.4) is 0 Å². The number of carbonyl (C=O) groups excluding carboxylic acids is 4. The predicted molar refractivity (Wildman–Crippen MR) is 123 cm³/mol. The van der Waals surface area contributed by atoms with Gasteiger partial charge in [0.25, 0.3) is 5.91 Å². The highest BCUT2D eigenvalue weighted by atomic mass is 32.2. The van der Waals surface area contributed by atoms with Crippen LogP contribution >= 0.6 is 0 Å². The van der Waals surface area contributed by atoms with Gasteiger partial charge < -0.3 is 9.29 Å². The number of rotatable bonds is 7. The van der Waals surface area contributed by atoms with E-state index in [1.807, 2.05) is 5.32 Å². The number of ether oxygens (including phenoxy) is 1. The second kappa shape index (κ2) is 10.7. The third-order valence-electron chi connectivity index (χ3n) is 5.88. The summed E-state index contributed by atoms with van der Waals surface area (Å²) in [5.41, 5.74) is 0.279. The second-order valence-electron chi connectivity index (χ2n) is 9.58. The van der Waals surface area contributed by atoms with Crippen molar-refractivity contribution in [3.05, 3.63) is 35.1 Å². The lowest BCUT2D eigenvalue weighted by atomic mass is 9.89. The molecule has 2 aliphatic rings. The number of carbonyl (C=O) groups is 4. The van der Waals surface area contributed by atoms with Gasteiger partial charge in [0.2, 0.25) is 5.91 Å². The fourth-order valence-electron chi connectivity index (χ4n) is 3.93. The average Bonchev–Trinajstić information content (AvgIpc) is 2.78. The number of halogens is 2. The number of benzene rings is 1. The van der Waals surface area contributed by atoms with Gasteiger partial charge in [0.1, 0.15) is 16.6 Å². The summed E-state index contributed by atoms with van der Waals surface area (Å²) < 4.78 is 50.1. The predicted octanol–water partition coefficient (Wildman–Crippen LogP) is 2.01. The first-order valence-corrected chi connectivity index (χ1v) is 12.4. The van der Waals surface area contributed by atoms with Crippen molar-refractivity contribution < 1.29 is 37.2 Å². The molecule has 2 aliphatic heterocycles. The molecule has 3 rings (SSSR count). The summed E-state index contributed by atoms with van der Waals surface area (Å²) in [5.74, 6) is -6.85. The van der Waals surface area contributed by atoms with E-state index < -0.39 is 69.7 Å². The van der Waals surface area contributed by atoms with Crippen molar-refractivity contribution in [2.45, 2.75) is 63.5 Å². The average molecular weight is 514 g/mol. The molecule has 0 saturated carbocycles. The lowest BCUT2D eigenvalue weighted by Crippen LogP contribution is -2.64. The molecular weight excluding hydrogens is 484 g/mol. The van der Waals surface area contributed by atoms with Gasteiger partial charge in [-0.1, -0.05) is 17.7 Å². The molecule has 2 fully saturated rings. The Hall–Kier alpha value is -2.41. The number of imide groups is 2. The summed E-state index contributed by atoms with van der Waals surface area (Å²) in [4.78, 5) is 52.0. The number of hydrogen-bond acceptors (Lipinski definition) is 7. The van der Waals surface area contributed by atoms with Crippen molar-refractivity contribution in [3.8, 4) is 0 Å². The van der Waals surface area contributed by atoms with E-state index in [2.05, 4.69) is 4.72 Å². The summed E-state index contributed by atoms with van der Waals surface area (Å²) in [5, 5.41) is 1.95. The minimum Gasteiger partial charge on any atom is -0.598 e. The molecule has 2 heterocycles. The maximum Gasteiger partial charge on any atom is 0.331 e. The molecule has 2 unspecified atom stereocenters. The molecule has 9 nitrogen and oxygen atoms in total. The van der Waals surface area contributed by atoms with E-state index in [0.29, 0.717) is 18.4 Å². The SMILES string of the molecule is Cc1ccc(F)c([C@@H](N[S+]([O-])C(C)(C)C)[C@@H](F)C(=O)C2C(=O)NC(=O)N(C3CCOCC3)C2=O)c1. The molecule has 1 aromatic carbocycles. The standard InChI is InChI=1S/C23H29F2N3O6S/c1-12-5-6-15(24)14(11-12)18(27-35(33)23(2,3)4)17(25)19(29)16-20(30)26-22(32)28(21(16)31)13-7-9-34-10-8-13/h5-6,11,13,16-18,27H,7-10H2,1-4H3,(H,26,30,32)/t16?,17-,18-,35?/m1/s1. The fourth-order valence-corrected chi connectivity index (χ4v) is 4.76. The fraction of sp³-hybridized carbons (Fsp3) is 0.565. The van der Waals surface area contributed by atoms with Crippen LogP contribution < -0.4 is 10.0 Å². The zero-order valence-electron chi connectivity index (χ0n) is 19.9. The quantitative estimate of drug-likeness (QED) is 0.422. The van der Waals surface area contributed by atoms with Gasteiger partial charge >= 0.3 is 6.03 Å². The molecule has 2 N–H and O–H groups in total. The Morgan fingerprint density at radius 3 is 2.49 bits per heavy atom. The molecule has 0 aromatic heterocycles. The van der Waals surface area contributed by atoms with Crippen LogP contribution in [0, 0.1) is 18.7 Å². The Balaban J connectivity index is 1.95. The van der Waals surface area contributed by atoms with Gasteiger partial charge in [-0.25, -0.2) is 13.6 Å². The van der Waals surface area contributed by atoms with E-state index >= 15 is 4.39 Å². The van der Waals surface area contributed by atoms with E-state index in [-0.39, 0.29) is 18.8 Å². The monoisotopic (exact) mass is 513 g/mol. The van der Waals surface area contributed by atoms with Crippen LogP contribution in [0.15, 0.2) is 18.2 Å². The van der Waals surface area contributed by atoms with Crippen LogP contribution in [-0.2, 0) is 30.5 Å². The molecule has 0 radical (unpaired) electrons. The molecule has 4 amide bonds. The number of amides is 4. The van der Waals surface area contributed by atoms with Gasteiger partial charge in [-0.15, -0.1) is 4.72 Å². The second-order valence-corrected chi connectivity index (χ2v) is 11.6. The third-order valence-corrected chi connectivity index (χ3v) is 7.46. The van der Waals surface area contributed by atoms with E-state index in [1.54, 1.807) is 27.7 Å². The minimum atomic E-state index is -2.62. The summed E-state index contributed by atoms with van der Waals surface area (Å²) in [6.07, 6.45) is -2.02. The third kappa shape index (κ3) is 5.88. The molecule has 35 heavy (non-hydrogen) atoms. The van der Waals surface area contributed by atoms with Crippen LogP contribution in [0.4, 0.5) is 13.6 Å². The molecule has 192 valence electrons. The Bertz CT molecular complexity index is 1010. The van der Waals surface area contributed by atoms with Crippen LogP contribution in [0.2, 0.25) is 0 Å². The van der Waals surface area contributed by atoms with Crippen molar-refractivity contribution in [2.75, 3.05) is 13.2 Å². The number of urea groups is 1. The van der Waals surface area contributed by atoms with E-state index in [9.17, 15) is 28.1 Å². The topological polar surface area (TPSA) is 128 Å². The zero-order chi connectivity index (χ0) is 26.1. The molecule has 12 heteroatoms. The Morgan fingerprint density at radius 2 is 1.89 bits per heavy atom. The largest absolute Gasteiger partial charge is 0.598 e. The first-order chi connectivity index (χ1) is 16.3. The zero-order valence-corrected chi connectivity index (χ0v) is 20.7. The van der Waals surface area contributed by atoms with E-state index in [4.69, 9.17) is 4.74 Å². The van der Waals surface area contributed by atoms with Crippen LogP contribution in [0.25, 0.3) is 0 Å². The van der Waals surface area contributed by atoms with Crippen LogP contribution in [-0.4, -0.2) is 63.3 Å². The summed E-state index contributed by atoms with van der Waals surface area (Å²) in [6.45, 7) is 6.98.